The van der Waals surface area contributed by atoms with Crippen LogP contribution in [0, 0.1) is 0 Å². The molecule has 1 aliphatic heterocycles. The van der Waals surface area contributed by atoms with E-state index in [1.165, 1.54) is 21.5 Å². The normalized spacial score (nSPS) is 20.4. The van der Waals surface area contributed by atoms with Crippen LogP contribution in [0.5, 0.6) is 0 Å². The summed E-state index contributed by atoms with van der Waals surface area (Å²) in [6.45, 7) is 15.5. The molecule has 0 aromatic carbocycles. The summed E-state index contributed by atoms with van der Waals surface area (Å²) in [5.41, 5.74) is 1.39. The highest BCUT2D eigenvalue weighted by atomic mass is 32.2. The first-order valence-electron chi connectivity index (χ1n) is 7.49. The van der Waals surface area contributed by atoms with E-state index in [1.54, 1.807) is 0 Å². The maximum Gasteiger partial charge on any atom is 0.185 e. The Balaban J connectivity index is 2.23. The van der Waals surface area contributed by atoms with Crippen LogP contribution in [0.25, 0.3) is 0 Å². The van der Waals surface area contributed by atoms with Crippen LogP contribution in [-0.2, 0) is 12.0 Å². The first-order valence-corrected chi connectivity index (χ1v) is 9.35. The van der Waals surface area contributed by atoms with E-state index < -0.39 is 0 Å². The first kappa shape index (κ1) is 16.1. The topological polar surface area (TPSA) is 28.2 Å². The van der Waals surface area contributed by atoms with Gasteiger partial charge in [0.2, 0.25) is 0 Å². The Kier molecular flexibility index (Phi) is 5.37. The standard InChI is InChI=1S/C15H27N3S2/c1-6-16-9-12-13(15(3,4)5)17-14(20-12)18-7-8-19-11(2)10-18/h11,16H,6-10H2,1-5H3. The number of anilines is 1. The lowest BCUT2D eigenvalue weighted by atomic mass is 9.91. The highest BCUT2D eigenvalue weighted by Gasteiger charge is 2.26. The molecule has 1 aliphatic rings. The third-order valence-electron chi connectivity index (χ3n) is 3.44. The maximum absolute atomic E-state index is 4.99. The fourth-order valence-electron chi connectivity index (χ4n) is 2.41. The van der Waals surface area contributed by atoms with Crippen LogP contribution in [0.1, 0.15) is 45.2 Å². The van der Waals surface area contributed by atoms with Gasteiger partial charge in [-0.2, -0.15) is 11.8 Å². The SMILES string of the molecule is CCNCc1sc(N2CCSC(C)C2)nc1C(C)(C)C. The van der Waals surface area contributed by atoms with E-state index in [0.29, 0.717) is 5.25 Å². The number of hydrogen-bond acceptors (Lipinski definition) is 5. The molecule has 1 N–H and O–H groups in total. The highest BCUT2D eigenvalue weighted by molar-refractivity contribution is 8.00. The Hall–Kier alpha value is -0.260. The lowest BCUT2D eigenvalue weighted by Crippen LogP contribution is -2.36. The summed E-state index contributed by atoms with van der Waals surface area (Å²) in [6.07, 6.45) is 0. The van der Waals surface area contributed by atoms with Gasteiger partial charge in [-0.3, -0.25) is 0 Å². The van der Waals surface area contributed by atoms with Crippen molar-refractivity contribution in [3.05, 3.63) is 10.6 Å². The van der Waals surface area contributed by atoms with Gasteiger partial charge in [0.15, 0.2) is 5.13 Å². The van der Waals surface area contributed by atoms with Crippen molar-refractivity contribution in [2.45, 2.75) is 51.8 Å². The van der Waals surface area contributed by atoms with E-state index in [2.05, 4.69) is 56.6 Å². The fraction of sp³-hybridized carbons (Fsp3) is 0.800. The summed E-state index contributed by atoms with van der Waals surface area (Å²) in [5, 5.41) is 5.38. The zero-order valence-corrected chi connectivity index (χ0v) is 15.0. The summed E-state index contributed by atoms with van der Waals surface area (Å²) in [7, 11) is 0. The van der Waals surface area contributed by atoms with Gasteiger partial charge in [-0.25, -0.2) is 4.98 Å². The predicted octanol–water partition coefficient (Wildman–Crippen LogP) is 3.49. The van der Waals surface area contributed by atoms with E-state index in [0.717, 1.165) is 26.2 Å². The quantitative estimate of drug-likeness (QED) is 0.921. The molecule has 1 unspecified atom stereocenters. The first-order chi connectivity index (χ1) is 9.41. The zero-order chi connectivity index (χ0) is 14.8. The molecule has 1 fully saturated rings. The smallest absolute Gasteiger partial charge is 0.185 e. The molecular weight excluding hydrogens is 286 g/mol. The van der Waals surface area contributed by atoms with Gasteiger partial charge in [0.1, 0.15) is 0 Å². The largest absolute Gasteiger partial charge is 0.346 e. The van der Waals surface area contributed by atoms with Crippen LogP contribution in [0.2, 0.25) is 0 Å². The highest BCUT2D eigenvalue weighted by Crippen LogP contribution is 2.35. The molecule has 1 aromatic rings. The van der Waals surface area contributed by atoms with Gasteiger partial charge in [0.05, 0.1) is 5.69 Å². The third kappa shape index (κ3) is 3.89. The van der Waals surface area contributed by atoms with Crippen molar-refractivity contribution in [3.8, 4) is 0 Å². The van der Waals surface area contributed by atoms with Crippen LogP contribution in [0.15, 0.2) is 0 Å². The lowest BCUT2D eigenvalue weighted by molar-refractivity contribution is 0.560. The van der Waals surface area contributed by atoms with Gasteiger partial charge in [0.25, 0.3) is 0 Å². The molecule has 5 heteroatoms. The second-order valence-electron chi connectivity index (χ2n) is 6.43. The molecule has 0 spiro atoms. The predicted molar refractivity (Wildman–Crippen MR) is 92.3 cm³/mol. The number of hydrogen-bond donors (Lipinski definition) is 1. The molecule has 20 heavy (non-hydrogen) atoms. The monoisotopic (exact) mass is 313 g/mol. The van der Waals surface area contributed by atoms with Crippen molar-refractivity contribution < 1.29 is 0 Å². The summed E-state index contributed by atoms with van der Waals surface area (Å²) in [5.74, 6) is 1.22. The van der Waals surface area contributed by atoms with Crippen molar-refractivity contribution in [1.29, 1.82) is 0 Å². The van der Waals surface area contributed by atoms with Gasteiger partial charge in [-0.05, 0) is 6.54 Å². The molecule has 114 valence electrons. The average Bonchev–Trinajstić information content (AvgIpc) is 2.80. The third-order valence-corrected chi connectivity index (χ3v) is 5.70. The Bertz CT molecular complexity index is 437. The molecule has 1 aromatic heterocycles. The van der Waals surface area contributed by atoms with Crippen LogP contribution in [0.4, 0.5) is 5.13 Å². The molecule has 0 radical (unpaired) electrons. The molecule has 1 atom stereocenters. The van der Waals surface area contributed by atoms with E-state index in [4.69, 9.17) is 4.98 Å². The second kappa shape index (κ2) is 6.67. The fourth-order valence-corrected chi connectivity index (χ4v) is 4.70. The van der Waals surface area contributed by atoms with Crippen LogP contribution in [-0.4, -0.2) is 35.6 Å². The average molecular weight is 314 g/mol. The molecular formula is C15H27N3S2. The van der Waals surface area contributed by atoms with Gasteiger partial charge in [-0.15, -0.1) is 11.3 Å². The van der Waals surface area contributed by atoms with Crippen molar-refractivity contribution in [3.63, 3.8) is 0 Å². The Morgan fingerprint density at radius 2 is 2.15 bits per heavy atom. The van der Waals surface area contributed by atoms with E-state index in [9.17, 15) is 0 Å². The van der Waals surface area contributed by atoms with Gasteiger partial charge in [-0.1, -0.05) is 34.6 Å². The lowest BCUT2D eigenvalue weighted by Gasteiger charge is -2.30. The number of nitrogens with one attached hydrogen (secondary N) is 1. The van der Waals surface area contributed by atoms with E-state index in [-0.39, 0.29) is 5.41 Å². The number of thiazole rings is 1. The summed E-state index contributed by atoms with van der Waals surface area (Å²) in [6, 6.07) is 0. The molecule has 2 heterocycles. The summed E-state index contributed by atoms with van der Waals surface area (Å²) >= 11 is 3.95. The van der Waals surface area contributed by atoms with Gasteiger partial charge in [0, 0.05) is 40.9 Å². The molecule has 1 saturated heterocycles. The van der Waals surface area contributed by atoms with Crippen LogP contribution < -0.4 is 10.2 Å². The number of rotatable bonds is 4. The Morgan fingerprint density at radius 3 is 2.75 bits per heavy atom. The summed E-state index contributed by atoms with van der Waals surface area (Å²) in [4.78, 5) is 8.86. The molecule has 3 nitrogen and oxygen atoms in total. The number of nitrogens with zero attached hydrogens (tertiary/aromatic N) is 2. The minimum absolute atomic E-state index is 0.121. The van der Waals surface area contributed by atoms with Gasteiger partial charge < -0.3 is 10.2 Å². The van der Waals surface area contributed by atoms with Crippen molar-refractivity contribution in [2.24, 2.45) is 0 Å². The van der Waals surface area contributed by atoms with E-state index in [1.807, 2.05) is 11.3 Å². The zero-order valence-electron chi connectivity index (χ0n) is 13.3. The minimum Gasteiger partial charge on any atom is -0.346 e. The number of thioether (sulfide) groups is 1. The number of aromatic nitrogens is 1. The molecule has 0 saturated carbocycles. The molecule has 2 rings (SSSR count). The minimum atomic E-state index is 0.121. The summed E-state index contributed by atoms with van der Waals surface area (Å²) < 4.78 is 0. The Morgan fingerprint density at radius 1 is 1.40 bits per heavy atom. The maximum atomic E-state index is 4.99. The molecule has 0 aliphatic carbocycles. The van der Waals surface area contributed by atoms with Crippen LogP contribution >= 0.6 is 23.1 Å². The Labute approximate surface area is 131 Å². The molecule has 0 bridgehead atoms. The van der Waals surface area contributed by atoms with Crippen LogP contribution in [0.3, 0.4) is 0 Å². The second-order valence-corrected chi connectivity index (χ2v) is 9.03. The van der Waals surface area contributed by atoms with Crippen molar-refractivity contribution in [2.75, 3.05) is 30.3 Å². The van der Waals surface area contributed by atoms with Gasteiger partial charge >= 0.3 is 0 Å². The molecule has 0 amide bonds. The van der Waals surface area contributed by atoms with E-state index >= 15 is 0 Å². The van der Waals surface area contributed by atoms with Crippen molar-refractivity contribution in [1.82, 2.24) is 10.3 Å². The van der Waals surface area contributed by atoms with Crippen molar-refractivity contribution >= 4 is 28.2 Å².